The topological polar surface area (TPSA) is 18.5 Å². The van der Waals surface area contributed by atoms with E-state index in [1.54, 1.807) is 0 Å². The minimum atomic E-state index is -0.251. The van der Waals surface area contributed by atoms with Crippen molar-refractivity contribution in [3.63, 3.8) is 0 Å². The minimum absolute atomic E-state index is 0.212. The predicted octanol–water partition coefficient (Wildman–Crippen LogP) is 5.53. The van der Waals surface area contributed by atoms with Crippen LogP contribution in [0.15, 0.2) is 24.3 Å². The Morgan fingerprint density at radius 2 is 1.45 bits per heavy atom. The number of hydrogen-bond acceptors (Lipinski definition) is 3. The molecule has 1 aromatic rings. The van der Waals surface area contributed by atoms with Crippen LogP contribution in [0.1, 0.15) is 59.9 Å². The third kappa shape index (κ3) is 5.85. The number of benzene rings is 1. The molecule has 126 valence electrons. The van der Waals surface area contributed by atoms with Crippen LogP contribution in [0, 0.1) is 10.8 Å². The van der Waals surface area contributed by atoms with Gasteiger partial charge in [-0.1, -0.05) is 53.7 Å². The van der Waals surface area contributed by atoms with E-state index in [0.29, 0.717) is 18.3 Å². The molecule has 0 spiro atoms. The van der Waals surface area contributed by atoms with Gasteiger partial charge in [-0.2, -0.15) is 12.6 Å². The Bertz CT molecular complexity index is 426. The highest BCUT2D eigenvalue weighted by molar-refractivity contribution is 7.80. The summed E-state index contributed by atoms with van der Waals surface area (Å²) >= 11 is 4.13. The summed E-state index contributed by atoms with van der Waals surface area (Å²) in [7, 11) is 0. The summed E-state index contributed by atoms with van der Waals surface area (Å²) in [4.78, 5) is 0. The van der Waals surface area contributed by atoms with Gasteiger partial charge in [0.05, 0.1) is 6.61 Å². The summed E-state index contributed by atoms with van der Waals surface area (Å²) < 4.78 is 11.2. The molecule has 1 aromatic carbocycles. The van der Waals surface area contributed by atoms with E-state index in [2.05, 4.69) is 66.3 Å². The molecule has 0 radical (unpaired) electrons. The first-order valence-corrected chi connectivity index (χ1v) is 8.68. The van der Waals surface area contributed by atoms with Crippen molar-refractivity contribution in [3.8, 4) is 5.75 Å². The first-order valence-electron chi connectivity index (χ1n) is 8.05. The van der Waals surface area contributed by atoms with Crippen LogP contribution in [0.3, 0.4) is 0 Å². The zero-order valence-corrected chi connectivity index (χ0v) is 16.0. The van der Waals surface area contributed by atoms with Crippen LogP contribution < -0.4 is 4.74 Å². The second-order valence-electron chi connectivity index (χ2n) is 8.01. The molecule has 0 saturated carbocycles. The van der Waals surface area contributed by atoms with Gasteiger partial charge >= 0.3 is 0 Å². The molecule has 0 saturated heterocycles. The fraction of sp³-hybridized carbons (Fsp3) is 0.684. The molecule has 0 bridgehead atoms. The van der Waals surface area contributed by atoms with Crippen molar-refractivity contribution in [2.45, 2.75) is 60.7 Å². The van der Waals surface area contributed by atoms with Crippen molar-refractivity contribution < 1.29 is 9.47 Å². The van der Waals surface area contributed by atoms with E-state index in [-0.39, 0.29) is 17.1 Å². The van der Waals surface area contributed by atoms with Crippen molar-refractivity contribution in [3.05, 3.63) is 29.8 Å². The lowest BCUT2D eigenvalue weighted by atomic mass is 9.64. The zero-order valence-electron chi connectivity index (χ0n) is 15.1. The van der Waals surface area contributed by atoms with Crippen molar-refractivity contribution in [2.75, 3.05) is 12.4 Å². The highest BCUT2D eigenvalue weighted by Crippen LogP contribution is 2.47. The van der Waals surface area contributed by atoms with Gasteiger partial charge in [0.25, 0.3) is 0 Å². The molecule has 0 aromatic heterocycles. The molecule has 0 fully saturated rings. The SMILES string of the molecule is CC(OCCS)Oc1ccc(C(C(C)(C)C)C(C)(C)C)cc1. The van der Waals surface area contributed by atoms with Crippen LogP contribution in [0.25, 0.3) is 0 Å². The molecule has 22 heavy (non-hydrogen) atoms. The third-order valence-corrected chi connectivity index (χ3v) is 3.87. The zero-order chi connectivity index (χ0) is 17.0. The number of hydrogen-bond donors (Lipinski definition) is 1. The quantitative estimate of drug-likeness (QED) is 0.547. The van der Waals surface area contributed by atoms with E-state index in [0.717, 1.165) is 5.75 Å². The third-order valence-electron chi connectivity index (χ3n) is 3.69. The average molecular weight is 325 g/mol. The Kier molecular flexibility index (Phi) is 6.82. The summed E-state index contributed by atoms with van der Waals surface area (Å²) in [5.41, 5.74) is 1.78. The summed E-state index contributed by atoms with van der Waals surface area (Å²) in [6, 6.07) is 8.45. The van der Waals surface area contributed by atoms with Crippen LogP contribution in [-0.2, 0) is 4.74 Å². The maximum Gasteiger partial charge on any atom is 0.197 e. The summed E-state index contributed by atoms with van der Waals surface area (Å²) in [5, 5.41) is 0. The molecule has 1 unspecified atom stereocenters. The van der Waals surface area contributed by atoms with Gasteiger partial charge in [0.15, 0.2) is 6.29 Å². The maximum absolute atomic E-state index is 5.77. The van der Waals surface area contributed by atoms with Gasteiger partial charge in [-0.15, -0.1) is 0 Å². The lowest BCUT2D eigenvalue weighted by Crippen LogP contribution is -2.30. The summed E-state index contributed by atoms with van der Waals surface area (Å²) in [6.45, 7) is 16.3. The van der Waals surface area contributed by atoms with E-state index in [4.69, 9.17) is 9.47 Å². The number of rotatable bonds is 6. The lowest BCUT2D eigenvalue weighted by Gasteiger charge is -2.41. The first kappa shape index (κ1) is 19.4. The van der Waals surface area contributed by atoms with Crippen LogP contribution >= 0.6 is 12.6 Å². The number of thiol groups is 1. The Labute approximate surface area is 142 Å². The molecule has 1 atom stereocenters. The first-order chi connectivity index (χ1) is 10.1. The van der Waals surface area contributed by atoms with Gasteiger partial charge in [-0.05, 0) is 41.4 Å². The molecular formula is C19H32O2S. The van der Waals surface area contributed by atoms with Crippen molar-refractivity contribution in [1.29, 1.82) is 0 Å². The second-order valence-corrected chi connectivity index (χ2v) is 8.46. The minimum Gasteiger partial charge on any atom is -0.465 e. The molecule has 1 rings (SSSR count). The molecule has 2 nitrogen and oxygen atoms in total. The highest BCUT2D eigenvalue weighted by atomic mass is 32.1. The molecular weight excluding hydrogens is 292 g/mol. The Balaban J connectivity index is 2.86. The Morgan fingerprint density at radius 3 is 1.86 bits per heavy atom. The largest absolute Gasteiger partial charge is 0.465 e. The second kappa shape index (κ2) is 7.74. The number of ether oxygens (including phenoxy) is 2. The molecule has 0 aliphatic rings. The van der Waals surface area contributed by atoms with E-state index in [1.807, 2.05) is 19.1 Å². The van der Waals surface area contributed by atoms with Crippen molar-refractivity contribution in [2.24, 2.45) is 10.8 Å². The fourth-order valence-electron chi connectivity index (χ4n) is 3.48. The van der Waals surface area contributed by atoms with Crippen LogP contribution in [0.2, 0.25) is 0 Å². The van der Waals surface area contributed by atoms with Crippen molar-refractivity contribution >= 4 is 12.6 Å². The van der Waals surface area contributed by atoms with Crippen LogP contribution in [-0.4, -0.2) is 18.6 Å². The standard InChI is InChI=1S/C19H32O2S/c1-14(20-12-13-22)21-16-10-8-15(9-11-16)17(18(2,3)4)19(5,6)7/h8-11,14,17,22H,12-13H2,1-7H3. The molecule has 0 heterocycles. The fourth-order valence-corrected chi connectivity index (χ4v) is 3.59. The van der Waals surface area contributed by atoms with E-state index in [9.17, 15) is 0 Å². The average Bonchev–Trinajstić information content (AvgIpc) is 2.35. The van der Waals surface area contributed by atoms with Crippen LogP contribution in [0.5, 0.6) is 5.75 Å². The smallest absolute Gasteiger partial charge is 0.197 e. The van der Waals surface area contributed by atoms with Gasteiger partial charge in [-0.3, -0.25) is 0 Å². The molecule has 0 aliphatic carbocycles. The molecule has 0 amide bonds. The van der Waals surface area contributed by atoms with E-state index >= 15 is 0 Å². The monoisotopic (exact) mass is 324 g/mol. The van der Waals surface area contributed by atoms with Gasteiger partial charge in [0.2, 0.25) is 0 Å². The molecule has 3 heteroatoms. The normalized spacial score (nSPS) is 14.2. The highest BCUT2D eigenvalue weighted by Gasteiger charge is 2.35. The van der Waals surface area contributed by atoms with Gasteiger partial charge in [0.1, 0.15) is 5.75 Å². The van der Waals surface area contributed by atoms with Gasteiger partial charge in [0, 0.05) is 5.75 Å². The van der Waals surface area contributed by atoms with Crippen LogP contribution in [0.4, 0.5) is 0 Å². The van der Waals surface area contributed by atoms with Crippen molar-refractivity contribution in [1.82, 2.24) is 0 Å². The maximum atomic E-state index is 5.77. The summed E-state index contributed by atoms with van der Waals surface area (Å²) in [6.07, 6.45) is -0.251. The van der Waals surface area contributed by atoms with E-state index < -0.39 is 0 Å². The Hall–Kier alpha value is -0.670. The lowest BCUT2D eigenvalue weighted by molar-refractivity contribution is -0.0601. The van der Waals surface area contributed by atoms with Gasteiger partial charge < -0.3 is 9.47 Å². The predicted molar refractivity (Wildman–Crippen MR) is 98.0 cm³/mol. The van der Waals surface area contributed by atoms with E-state index in [1.165, 1.54) is 5.56 Å². The molecule has 0 aliphatic heterocycles. The van der Waals surface area contributed by atoms with Gasteiger partial charge in [-0.25, -0.2) is 0 Å². The summed E-state index contributed by atoms with van der Waals surface area (Å²) in [5.74, 6) is 2.02. The molecule has 0 N–H and O–H groups in total. The Morgan fingerprint density at radius 1 is 0.955 bits per heavy atom.